The Morgan fingerprint density at radius 2 is 1.79 bits per heavy atom. The van der Waals surface area contributed by atoms with E-state index in [4.69, 9.17) is 5.73 Å². The van der Waals surface area contributed by atoms with Gasteiger partial charge in [0.1, 0.15) is 0 Å². The fourth-order valence-electron chi connectivity index (χ4n) is 1.50. The molecule has 0 atom stereocenters. The monoisotopic (exact) mass is 285 g/mol. The van der Waals surface area contributed by atoms with Crippen molar-refractivity contribution in [3.8, 4) is 0 Å². The first kappa shape index (κ1) is 17.2. The average Bonchev–Trinajstić information content (AvgIpc) is 2.27. The molecule has 0 aliphatic heterocycles. The Morgan fingerprint density at radius 3 is 2.26 bits per heavy atom. The minimum atomic E-state index is -0.200. The number of amides is 2. The molecule has 0 heterocycles. The quantitative estimate of drug-likeness (QED) is 0.819. The molecule has 1 aromatic rings. The molecule has 0 fully saturated rings. The van der Waals surface area contributed by atoms with Crippen LogP contribution in [0.4, 0.5) is 5.69 Å². The standard InChI is InChI=1S/C13H19N3O2.ClH/c1-9(2)15-12(17)8-16(3)13(18)10-4-6-11(14)7-5-10;/h4-7,9H,8,14H2,1-3H3,(H,15,17);1H. The predicted molar refractivity (Wildman–Crippen MR) is 78.3 cm³/mol. The maximum absolute atomic E-state index is 12.0. The highest BCUT2D eigenvalue weighted by molar-refractivity contribution is 5.96. The van der Waals surface area contributed by atoms with E-state index in [1.165, 1.54) is 4.90 Å². The van der Waals surface area contributed by atoms with Gasteiger partial charge < -0.3 is 16.0 Å². The molecule has 2 amide bonds. The van der Waals surface area contributed by atoms with Crippen molar-refractivity contribution in [1.29, 1.82) is 0 Å². The number of nitrogens with zero attached hydrogens (tertiary/aromatic N) is 1. The minimum Gasteiger partial charge on any atom is -0.399 e. The smallest absolute Gasteiger partial charge is 0.254 e. The number of hydrogen-bond acceptors (Lipinski definition) is 3. The number of likely N-dealkylation sites (N-methyl/N-ethyl adjacent to an activating group) is 1. The van der Waals surface area contributed by atoms with Gasteiger partial charge in [0, 0.05) is 24.3 Å². The second kappa shape index (κ2) is 7.63. The Morgan fingerprint density at radius 1 is 1.26 bits per heavy atom. The molecule has 0 aromatic heterocycles. The molecule has 0 aliphatic rings. The van der Waals surface area contributed by atoms with Crippen molar-refractivity contribution in [2.24, 2.45) is 0 Å². The van der Waals surface area contributed by atoms with Crippen LogP contribution in [0.2, 0.25) is 0 Å². The predicted octanol–water partition coefficient (Wildman–Crippen LogP) is 1.29. The lowest BCUT2D eigenvalue weighted by molar-refractivity contribution is -0.122. The first-order valence-electron chi connectivity index (χ1n) is 5.80. The number of rotatable bonds is 4. The van der Waals surface area contributed by atoms with Crippen molar-refractivity contribution in [3.63, 3.8) is 0 Å². The summed E-state index contributed by atoms with van der Waals surface area (Å²) in [7, 11) is 1.60. The fourth-order valence-corrected chi connectivity index (χ4v) is 1.50. The molecule has 19 heavy (non-hydrogen) atoms. The van der Waals surface area contributed by atoms with E-state index in [2.05, 4.69) is 5.32 Å². The van der Waals surface area contributed by atoms with Crippen molar-refractivity contribution in [2.45, 2.75) is 19.9 Å². The van der Waals surface area contributed by atoms with E-state index in [9.17, 15) is 9.59 Å². The van der Waals surface area contributed by atoms with Gasteiger partial charge in [-0.05, 0) is 38.1 Å². The summed E-state index contributed by atoms with van der Waals surface area (Å²) in [6.07, 6.45) is 0. The zero-order valence-corrected chi connectivity index (χ0v) is 12.2. The lowest BCUT2D eigenvalue weighted by Gasteiger charge is -2.18. The number of nitrogens with one attached hydrogen (secondary N) is 1. The van der Waals surface area contributed by atoms with Crippen LogP contribution in [0.3, 0.4) is 0 Å². The molecule has 0 radical (unpaired) electrons. The summed E-state index contributed by atoms with van der Waals surface area (Å²) in [4.78, 5) is 24.9. The van der Waals surface area contributed by atoms with E-state index < -0.39 is 0 Å². The lowest BCUT2D eigenvalue weighted by atomic mass is 10.2. The molecule has 0 spiro atoms. The third-order valence-corrected chi connectivity index (χ3v) is 2.33. The van der Waals surface area contributed by atoms with Crippen LogP contribution in [-0.4, -0.2) is 36.3 Å². The highest BCUT2D eigenvalue weighted by Gasteiger charge is 2.14. The number of hydrogen-bond donors (Lipinski definition) is 2. The van der Waals surface area contributed by atoms with Crippen LogP contribution in [0.1, 0.15) is 24.2 Å². The number of nitrogens with two attached hydrogens (primary N) is 1. The normalized spacial score (nSPS) is 9.68. The molecule has 3 N–H and O–H groups in total. The van der Waals surface area contributed by atoms with E-state index in [-0.39, 0.29) is 36.8 Å². The average molecular weight is 286 g/mol. The van der Waals surface area contributed by atoms with Gasteiger partial charge in [0.15, 0.2) is 0 Å². The topological polar surface area (TPSA) is 75.4 Å². The number of carbonyl (C=O) groups is 2. The van der Waals surface area contributed by atoms with Crippen LogP contribution < -0.4 is 11.1 Å². The van der Waals surface area contributed by atoms with E-state index in [1.807, 2.05) is 13.8 Å². The van der Waals surface area contributed by atoms with Crippen molar-refractivity contribution in [1.82, 2.24) is 10.2 Å². The van der Waals surface area contributed by atoms with Gasteiger partial charge in [0.05, 0.1) is 6.54 Å². The zero-order chi connectivity index (χ0) is 13.7. The number of carbonyl (C=O) groups excluding carboxylic acids is 2. The van der Waals surface area contributed by atoms with Gasteiger partial charge in [-0.2, -0.15) is 0 Å². The summed E-state index contributed by atoms with van der Waals surface area (Å²) in [5.41, 5.74) is 6.67. The Hall–Kier alpha value is -1.75. The Bertz CT molecular complexity index is 432. The molecule has 0 aliphatic carbocycles. The first-order chi connectivity index (χ1) is 8.40. The van der Waals surface area contributed by atoms with Crippen LogP contribution in [0.5, 0.6) is 0 Å². The second-order valence-electron chi connectivity index (χ2n) is 4.51. The number of benzene rings is 1. The maximum Gasteiger partial charge on any atom is 0.254 e. The summed E-state index contributed by atoms with van der Waals surface area (Å²) in [6, 6.07) is 6.69. The summed E-state index contributed by atoms with van der Waals surface area (Å²) < 4.78 is 0. The number of halogens is 1. The summed E-state index contributed by atoms with van der Waals surface area (Å²) in [5, 5.41) is 2.74. The molecule has 1 rings (SSSR count). The highest BCUT2D eigenvalue weighted by atomic mass is 35.5. The van der Waals surface area contributed by atoms with Gasteiger partial charge in [-0.25, -0.2) is 0 Å². The molecule has 5 nitrogen and oxygen atoms in total. The van der Waals surface area contributed by atoms with E-state index >= 15 is 0 Å². The van der Waals surface area contributed by atoms with Crippen LogP contribution in [-0.2, 0) is 4.79 Å². The maximum atomic E-state index is 12.0. The first-order valence-corrected chi connectivity index (χ1v) is 5.80. The molecule has 6 heteroatoms. The number of anilines is 1. The number of nitrogen functional groups attached to an aromatic ring is 1. The Labute approximate surface area is 119 Å². The van der Waals surface area contributed by atoms with Gasteiger partial charge in [0.25, 0.3) is 5.91 Å². The summed E-state index contributed by atoms with van der Waals surface area (Å²) >= 11 is 0. The van der Waals surface area contributed by atoms with Crippen LogP contribution in [0.25, 0.3) is 0 Å². The molecule has 0 unspecified atom stereocenters. The van der Waals surface area contributed by atoms with Crippen LogP contribution in [0, 0.1) is 0 Å². The molecular formula is C13H20ClN3O2. The second-order valence-corrected chi connectivity index (χ2v) is 4.51. The van der Waals surface area contributed by atoms with Crippen LogP contribution in [0.15, 0.2) is 24.3 Å². The third kappa shape index (κ3) is 5.61. The zero-order valence-electron chi connectivity index (χ0n) is 11.3. The molecule has 0 saturated heterocycles. The SMILES string of the molecule is CC(C)NC(=O)CN(C)C(=O)c1ccc(N)cc1.Cl. The van der Waals surface area contributed by atoms with Gasteiger partial charge in [-0.1, -0.05) is 0 Å². The summed E-state index contributed by atoms with van der Waals surface area (Å²) in [5.74, 6) is -0.370. The minimum absolute atomic E-state index is 0. The van der Waals surface area contributed by atoms with Crippen molar-refractivity contribution in [2.75, 3.05) is 19.3 Å². The van der Waals surface area contributed by atoms with Gasteiger partial charge in [-0.3, -0.25) is 9.59 Å². The van der Waals surface area contributed by atoms with E-state index in [1.54, 1.807) is 31.3 Å². The van der Waals surface area contributed by atoms with Gasteiger partial charge in [-0.15, -0.1) is 12.4 Å². The van der Waals surface area contributed by atoms with Crippen molar-refractivity contribution >= 4 is 29.9 Å². The summed E-state index contributed by atoms with van der Waals surface area (Å²) in [6.45, 7) is 3.79. The highest BCUT2D eigenvalue weighted by Crippen LogP contribution is 2.07. The fraction of sp³-hybridized carbons (Fsp3) is 0.385. The van der Waals surface area contributed by atoms with Crippen molar-refractivity contribution < 1.29 is 9.59 Å². The van der Waals surface area contributed by atoms with Crippen LogP contribution >= 0.6 is 12.4 Å². The van der Waals surface area contributed by atoms with Gasteiger partial charge >= 0.3 is 0 Å². The molecule has 0 saturated carbocycles. The van der Waals surface area contributed by atoms with E-state index in [0.29, 0.717) is 11.3 Å². The molecular weight excluding hydrogens is 266 g/mol. The Balaban J connectivity index is 0.00000324. The third-order valence-electron chi connectivity index (χ3n) is 2.33. The van der Waals surface area contributed by atoms with Gasteiger partial charge in [0.2, 0.25) is 5.91 Å². The Kier molecular flexibility index (Phi) is 6.93. The molecule has 1 aromatic carbocycles. The largest absolute Gasteiger partial charge is 0.399 e. The molecule has 106 valence electrons. The van der Waals surface area contributed by atoms with E-state index in [0.717, 1.165) is 0 Å². The molecule has 0 bridgehead atoms. The van der Waals surface area contributed by atoms with Crippen molar-refractivity contribution in [3.05, 3.63) is 29.8 Å². The lowest BCUT2D eigenvalue weighted by Crippen LogP contribution is -2.40.